The maximum atomic E-state index is 11.8. The summed E-state index contributed by atoms with van der Waals surface area (Å²) in [5, 5.41) is 3.27. The highest BCUT2D eigenvalue weighted by molar-refractivity contribution is 6.29. The highest BCUT2D eigenvalue weighted by Gasteiger charge is 2.06. The number of rotatable bonds is 7. The van der Waals surface area contributed by atoms with E-state index < -0.39 is 0 Å². The van der Waals surface area contributed by atoms with E-state index in [4.69, 9.17) is 11.6 Å². The van der Waals surface area contributed by atoms with E-state index >= 15 is 0 Å². The third kappa shape index (κ3) is 5.02. The highest BCUT2D eigenvalue weighted by atomic mass is 35.5. The van der Waals surface area contributed by atoms with E-state index in [2.05, 4.69) is 29.0 Å². The smallest absolute Gasteiger partial charge is 0.252 e. The lowest BCUT2D eigenvalue weighted by Gasteiger charge is -2.19. The zero-order valence-corrected chi connectivity index (χ0v) is 11.7. The number of nitrogens with zero attached hydrogens (tertiary/aromatic N) is 2. The standard InChI is InChI=1S/C13H20ClN3O/c1-3-8-17(4-2)9-7-15-13(18)11-5-6-12(14)16-10-11/h5-6,10H,3-4,7-9H2,1-2H3,(H,15,18). The number of aromatic nitrogens is 1. The largest absolute Gasteiger partial charge is 0.351 e. The molecule has 0 bridgehead atoms. The molecule has 0 unspecified atom stereocenters. The molecule has 0 aliphatic rings. The second-order valence-electron chi connectivity index (χ2n) is 4.06. The summed E-state index contributed by atoms with van der Waals surface area (Å²) in [6, 6.07) is 3.29. The fourth-order valence-corrected chi connectivity index (χ4v) is 1.80. The van der Waals surface area contributed by atoms with Crippen LogP contribution in [-0.2, 0) is 0 Å². The molecule has 100 valence electrons. The predicted octanol–water partition coefficient (Wildman–Crippen LogP) is 2.20. The van der Waals surface area contributed by atoms with Crippen LogP contribution in [-0.4, -0.2) is 42.0 Å². The van der Waals surface area contributed by atoms with E-state index in [1.165, 1.54) is 6.20 Å². The van der Waals surface area contributed by atoms with E-state index in [1.54, 1.807) is 12.1 Å². The van der Waals surface area contributed by atoms with Gasteiger partial charge in [0, 0.05) is 19.3 Å². The monoisotopic (exact) mass is 269 g/mol. The first kappa shape index (κ1) is 14.9. The predicted molar refractivity (Wildman–Crippen MR) is 74.0 cm³/mol. The zero-order chi connectivity index (χ0) is 13.4. The van der Waals surface area contributed by atoms with Gasteiger partial charge in [-0.3, -0.25) is 4.79 Å². The molecule has 18 heavy (non-hydrogen) atoms. The van der Waals surface area contributed by atoms with E-state index in [0.717, 1.165) is 26.1 Å². The van der Waals surface area contributed by atoms with Crippen LogP contribution in [0, 0.1) is 0 Å². The van der Waals surface area contributed by atoms with E-state index in [9.17, 15) is 4.79 Å². The van der Waals surface area contributed by atoms with Gasteiger partial charge in [0.2, 0.25) is 0 Å². The Labute approximate surface area is 113 Å². The first-order chi connectivity index (χ1) is 8.67. The van der Waals surface area contributed by atoms with Gasteiger partial charge in [-0.1, -0.05) is 25.4 Å². The van der Waals surface area contributed by atoms with Crippen LogP contribution >= 0.6 is 11.6 Å². The number of hydrogen-bond donors (Lipinski definition) is 1. The number of hydrogen-bond acceptors (Lipinski definition) is 3. The second-order valence-corrected chi connectivity index (χ2v) is 4.45. The SMILES string of the molecule is CCCN(CC)CCNC(=O)c1ccc(Cl)nc1. The number of amides is 1. The van der Waals surface area contributed by atoms with Crippen molar-refractivity contribution in [1.82, 2.24) is 15.2 Å². The van der Waals surface area contributed by atoms with Gasteiger partial charge in [-0.2, -0.15) is 0 Å². The first-order valence-electron chi connectivity index (χ1n) is 6.29. The summed E-state index contributed by atoms with van der Waals surface area (Å²) in [5.74, 6) is -0.105. The fraction of sp³-hybridized carbons (Fsp3) is 0.538. The van der Waals surface area contributed by atoms with Crippen LogP contribution in [0.5, 0.6) is 0 Å². The first-order valence-corrected chi connectivity index (χ1v) is 6.67. The van der Waals surface area contributed by atoms with Gasteiger partial charge in [-0.25, -0.2) is 4.98 Å². The molecule has 0 saturated heterocycles. The Bertz CT molecular complexity index is 367. The Kier molecular flexibility index (Phi) is 6.68. The lowest BCUT2D eigenvalue weighted by Crippen LogP contribution is -2.35. The number of nitrogens with one attached hydrogen (secondary N) is 1. The maximum Gasteiger partial charge on any atom is 0.252 e. The van der Waals surface area contributed by atoms with E-state index in [-0.39, 0.29) is 5.91 Å². The topological polar surface area (TPSA) is 45.2 Å². The molecule has 0 radical (unpaired) electrons. The Morgan fingerprint density at radius 2 is 2.17 bits per heavy atom. The molecule has 1 amide bonds. The van der Waals surface area contributed by atoms with Crippen LogP contribution in [0.25, 0.3) is 0 Å². The molecule has 1 aromatic rings. The van der Waals surface area contributed by atoms with E-state index in [0.29, 0.717) is 17.3 Å². The Hall–Kier alpha value is -1.13. The molecule has 0 atom stereocenters. The zero-order valence-electron chi connectivity index (χ0n) is 10.9. The van der Waals surface area contributed by atoms with Crippen molar-refractivity contribution in [2.45, 2.75) is 20.3 Å². The molecule has 0 aromatic carbocycles. The Morgan fingerprint density at radius 1 is 1.39 bits per heavy atom. The molecule has 1 N–H and O–H groups in total. The summed E-state index contributed by atoms with van der Waals surface area (Å²) in [5.41, 5.74) is 0.540. The molecule has 0 saturated carbocycles. The average molecular weight is 270 g/mol. The van der Waals surface area contributed by atoms with Crippen molar-refractivity contribution in [2.75, 3.05) is 26.2 Å². The number of pyridine rings is 1. The molecule has 0 aliphatic heterocycles. The Balaban J connectivity index is 2.35. The molecule has 4 nitrogen and oxygen atoms in total. The average Bonchev–Trinajstić information content (AvgIpc) is 2.38. The lowest BCUT2D eigenvalue weighted by atomic mass is 10.2. The molecule has 0 spiro atoms. The van der Waals surface area contributed by atoms with Crippen LogP contribution in [0.15, 0.2) is 18.3 Å². The van der Waals surface area contributed by atoms with Crippen LogP contribution < -0.4 is 5.32 Å². The van der Waals surface area contributed by atoms with E-state index in [1.807, 2.05) is 0 Å². The highest BCUT2D eigenvalue weighted by Crippen LogP contribution is 2.04. The molecule has 0 fully saturated rings. The quantitative estimate of drug-likeness (QED) is 0.772. The van der Waals surface area contributed by atoms with Crippen molar-refractivity contribution in [3.8, 4) is 0 Å². The van der Waals surface area contributed by atoms with Crippen molar-refractivity contribution in [2.24, 2.45) is 0 Å². The minimum Gasteiger partial charge on any atom is -0.351 e. The van der Waals surface area contributed by atoms with Gasteiger partial charge in [0.15, 0.2) is 0 Å². The molecule has 5 heteroatoms. The summed E-state index contributed by atoms with van der Waals surface area (Å²) in [6.07, 6.45) is 2.62. The number of halogens is 1. The summed E-state index contributed by atoms with van der Waals surface area (Å²) in [7, 11) is 0. The molecule has 1 rings (SSSR count). The summed E-state index contributed by atoms with van der Waals surface area (Å²) < 4.78 is 0. The van der Waals surface area contributed by atoms with Gasteiger partial charge in [0.05, 0.1) is 5.56 Å². The molecular formula is C13H20ClN3O. The van der Waals surface area contributed by atoms with Crippen LogP contribution in [0.1, 0.15) is 30.6 Å². The van der Waals surface area contributed by atoms with Crippen LogP contribution in [0.4, 0.5) is 0 Å². The van der Waals surface area contributed by atoms with Crippen molar-refractivity contribution in [3.05, 3.63) is 29.0 Å². The minimum atomic E-state index is -0.105. The second kappa shape index (κ2) is 8.06. The molecule has 1 aromatic heterocycles. The number of likely N-dealkylation sites (N-methyl/N-ethyl adjacent to an activating group) is 1. The summed E-state index contributed by atoms with van der Waals surface area (Å²) >= 11 is 5.67. The fourth-order valence-electron chi connectivity index (χ4n) is 1.68. The third-order valence-corrected chi connectivity index (χ3v) is 2.91. The van der Waals surface area contributed by atoms with Crippen molar-refractivity contribution < 1.29 is 4.79 Å². The lowest BCUT2D eigenvalue weighted by molar-refractivity contribution is 0.0948. The van der Waals surface area contributed by atoms with Crippen molar-refractivity contribution >= 4 is 17.5 Å². The summed E-state index contributed by atoms with van der Waals surface area (Å²) in [6.45, 7) is 7.87. The van der Waals surface area contributed by atoms with Crippen molar-refractivity contribution in [1.29, 1.82) is 0 Å². The number of carbonyl (C=O) groups is 1. The van der Waals surface area contributed by atoms with Crippen molar-refractivity contribution in [3.63, 3.8) is 0 Å². The maximum absolute atomic E-state index is 11.8. The normalized spacial score (nSPS) is 10.7. The molecule has 1 heterocycles. The molecular weight excluding hydrogens is 250 g/mol. The van der Waals surface area contributed by atoms with Gasteiger partial charge >= 0.3 is 0 Å². The van der Waals surface area contributed by atoms with Gasteiger partial charge in [-0.05, 0) is 31.6 Å². The van der Waals surface area contributed by atoms with Gasteiger partial charge in [0.1, 0.15) is 5.15 Å². The van der Waals surface area contributed by atoms with Crippen LogP contribution in [0.3, 0.4) is 0 Å². The van der Waals surface area contributed by atoms with Gasteiger partial charge in [-0.15, -0.1) is 0 Å². The Morgan fingerprint density at radius 3 is 2.72 bits per heavy atom. The van der Waals surface area contributed by atoms with Gasteiger partial charge < -0.3 is 10.2 Å². The van der Waals surface area contributed by atoms with Gasteiger partial charge in [0.25, 0.3) is 5.91 Å². The number of carbonyl (C=O) groups excluding carboxylic acids is 1. The van der Waals surface area contributed by atoms with Crippen LogP contribution in [0.2, 0.25) is 5.15 Å². The minimum absolute atomic E-state index is 0.105. The third-order valence-electron chi connectivity index (χ3n) is 2.69. The summed E-state index contributed by atoms with van der Waals surface area (Å²) in [4.78, 5) is 18.0. The molecule has 0 aliphatic carbocycles.